The van der Waals surface area contributed by atoms with Gasteiger partial charge in [0.2, 0.25) is 10.0 Å². The molecule has 0 saturated heterocycles. The molecule has 0 bridgehead atoms. The van der Waals surface area contributed by atoms with E-state index in [4.69, 9.17) is 21.1 Å². The molecule has 0 amide bonds. The number of methoxy groups -OCH3 is 2. The number of benzene rings is 2. The average molecular weight is 414 g/mol. The Labute approximate surface area is 165 Å². The first-order valence-corrected chi connectivity index (χ1v) is 10.3. The molecule has 2 aromatic rings. The lowest BCUT2D eigenvalue weighted by molar-refractivity contribution is 0.0502. The third-order valence-electron chi connectivity index (χ3n) is 4.09. The summed E-state index contributed by atoms with van der Waals surface area (Å²) in [4.78, 5) is 0.0718. The molecule has 0 radical (unpaired) electrons. The Morgan fingerprint density at radius 1 is 1.07 bits per heavy atom. The molecule has 1 unspecified atom stereocenters. The van der Waals surface area contributed by atoms with E-state index in [9.17, 15) is 13.5 Å². The summed E-state index contributed by atoms with van der Waals surface area (Å²) in [6.07, 6.45) is -0.191. The first-order chi connectivity index (χ1) is 12.8. The lowest BCUT2D eigenvalue weighted by Gasteiger charge is -2.27. The molecule has 0 aliphatic carbocycles. The quantitative estimate of drug-likeness (QED) is 0.635. The minimum absolute atomic E-state index is 0.00746. The summed E-state index contributed by atoms with van der Waals surface area (Å²) in [5.74, 6) is 1.03. The second-order valence-corrected chi connectivity index (χ2v) is 8.29. The zero-order valence-electron chi connectivity index (χ0n) is 15.6. The maximum absolute atomic E-state index is 13.1. The molecule has 6 nitrogen and oxygen atoms in total. The predicted octanol–water partition coefficient (Wildman–Crippen LogP) is 3.67. The number of halogens is 1. The second-order valence-electron chi connectivity index (χ2n) is 5.96. The number of aliphatic hydroxyl groups is 1. The van der Waals surface area contributed by atoms with Crippen LogP contribution in [0.4, 0.5) is 0 Å². The van der Waals surface area contributed by atoms with Crippen LogP contribution in [0.15, 0.2) is 47.4 Å². The average Bonchev–Trinajstić information content (AvgIpc) is 2.66. The Balaban J connectivity index is 2.41. The summed E-state index contributed by atoms with van der Waals surface area (Å²) in [5.41, 5.74) is 0.667. The highest BCUT2D eigenvalue weighted by Gasteiger charge is 2.30. The van der Waals surface area contributed by atoms with Crippen molar-refractivity contribution in [1.82, 2.24) is 4.31 Å². The molecule has 2 rings (SSSR count). The van der Waals surface area contributed by atoms with Gasteiger partial charge in [-0.05, 0) is 48.4 Å². The van der Waals surface area contributed by atoms with Gasteiger partial charge >= 0.3 is 0 Å². The van der Waals surface area contributed by atoms with Crippen LogP contribution >= 0.6 is 11.6 Å². The van der Waals surface area contributed by atoms with Crippen LogP contribution in [0.25, 0.3) is 0 Å². The van der Waals surface area contributed by atoms with E-state index in [1.165, 1.54) is 38.5 Å². The molecule has 2 aromatic carbocycles. The molecule has 27 heavy (non-hydrogen) atoms. The monoisotopic (exact) mass is 413 g/mol. The molecule has 1 atom stereocenters. The fourth-order valence-electron chi connectivity index (χ4n) is 2.65. The maximum atomic E-state index is 13.1. The minimum Gasteiger partial charge on any atom is -0.493 e. The largest absolute Gasteiger partial charge is 0.493 e. The molecular formula is C19H24ClNO5S. The molecule has 0 spiro atoms. The Hall–Kier alpha value is -1.80. The van der Waals surface area contributed by atoms with E-state index in [0.29, 0.717) is 34.9 Å². The van der Waals surface area contributed by atoms with Crippen molar-refractivity contribution in [3.05, 3.63) is 53.1 Å². The highest BCUT2D eigenvalue weighted by molar-refractivity contribution is 7.89. The molecule has 0 heterocycles. The summed E-state index contributed by atoms with van der Waals surface area (Å²) in [6, 6.07) is 11.0. The van der Waals surface area contributed by atoms with Crippen LogP contribution in [0.1, 0.15) is 25.3 Å². The maximum Gasteiger partial charge on any atom is 0.245 e. The Morgan fingerprint density at radius 3 is 2.26 bits per heavy atom. The van der Waals surface area contributed by atoms with Gasteiger partial charge in [-0.1, -0.05) is 31.0 Å². The van der Waals surface area contributed by atoms with Gasteiger partial charge in [-0.3, -0.25) is 0 Å². The molecule has 0 aromatic heterocycles. The molecular weight excluding hydrogens is 390 g/mol. The smallest absolute Gasteiger partial charge is 0.245 e. The number of hydrogen-bond donors (Lipinski definition) is 1. The molecule has 0 fully saturated rings. The van der Waals surface area contributed by atoms with Crippen LogP contribution in [-0.2, 0) is 16.6 Å². The van der Waals surface area contributed by atoms with Gasteiger partial charge in [-0.2, -0.15) is 4.31 Å². The number of nitrogens with zero attached hydrogens (tertiary/aromatic N) is 1. The topological polar surface area (TPSA) is 76.1 Å². The Bertz CT molecular complexity index is 855. The second kappa shape index (κ2) is 9.41. The van der Waals surface area contributed by atoms with E-state index in [0.717, 1.165) is 4.31 Å². The van der Waals surface area contributed by atoms with Crippen LogP contribution in [0.2, 0.25) is 5.02 Å². The van der Waals surface area contributed by atoms with Crippen molar-refractivity contribution < 1.29 is 23.0 Å². The van der Waals surface area contributed by atoms with Gasteiger partial charge < -0.3 is 14.6 Å². The van der Waals surface area contributed by atoms with Crippen LogP contribution in [0.3, 0.4) is 0 Å². The summed E-state index contributed by atoms with van der Waals surface area (Å²) >= 11 is 5.86. The third-order valence-corrected chi connectivity index (χ3v) is 6.20. The highest BCUT2D eigenvalue weighted by atomic mass is 35.5. The van der Waals surface area contributed by atoms with Gasteiger partial charge in [-0.15, -0.1) is 0 Å². The minimum atomic E-state index is -3.92. The van der Waals surface area contributed by atoms with Crippen molar-refractivity contribution >= 4 is 21.6 Å². The van der Waals surface area contributed by atoms with E-state index < -0.39 is 16.3 Å². The number of hydrogen-bond acceptors (Lipinski definition) is 5. The number of sulfonamides is 1. The molecule has 148 valence electrons. The SMILES string of the molecule is CCCC(O)N(Cc1ccc(OC)c(OC)c1)S(=O)(=O)c1ccc(Cl)cc1. The van der Waals surface area contributed by atoms with Gasteiger partial charge in [0.1, 0.15) is 6.23 Å². The first-order valence-electron chi connectivity index (χ1n) is 8.49. The van der Waals surface area contributed by atoms with Gasteiger partial charge in [-0.25, -0.2) is 8.42 Å². The fourth-order valence-corrected chi connectivity index (χ4v) is 4.28. The van der Waals surface area contributed by atoms with E-state index in [1.54, 1.807) is 18.2 Å². The molecule has 0 saturated carbocycles. The van der Waals surface area contributed by atoms with Crippen LogP contribution in [-0.4, -0.2) is 38.3 Å². The van der Waals surface area contributed by atoms with Crippen molar-refractivity contribution in [1.29, 1.82) is 0 Å². The standard InChI is InChI=1S/C19H24ClNO5S/c1-4-5-19(22)21(27(23,24)16-9-7-15(20)8-10-16)13-14-6-11-17(25-2)18(12-14)26-3/h6-12,19,22H,4-5,13H2,1-3H3. The van der Waals surface area contributed by atoms with Crippen LogP contribution < -0.4 is 9.47 Å². The van der Waals surface area contributed by atoms with E-state index in [-0.39, 0.29) is 11.4 Å². The fraction of sp³-hybridized carbons (Fsp3) is 0.368. The van der Waals surface area contributed by atoms with Crippen molar-refractivity contribution in [2.24, 2.45) is 0 Å². The molecule has 0 aliphatic heterocycles. The zero-order valence-corrected chi connectivity index (χ0v) is 17.1. The summed E-state index contributed by atoms with van der Waals surface area (Å²) in [7, 11) is -0.883. The Kier molecular flexibility index (Phi) is 7.49. The first kappa shape index (κ1) is 21.5. The molecule has 1 N–H and O–H groups in total. The number of ether oxygens (including phenoxy) is 2. The van der Waals surface area contributed by atoms with Crippen molar-refractivity contribution in [3.8, 4) is 11.5 Å². The van der Waals surface area contributed by atoms with Crippen molar-refractivity contribution in [2.75, 3.05) is 14.2 Å². The van der Waals surface area contributed by atoms with Crippen LogP contribution in [0.5, 0.6) is 11.5 Å². The lowest BCUT2D eigenvalue weighted by atomic mass is 10.2. The van der Waals surface area contributed by atoms with Crippen LogP contribution in [0, 0.1) is 0 Å². The van der Waals surface area contributed by atoms with Gasteiger partial charge in [0.05, 0.1) is 19.1 Å². The van der Waals surface area contributed by atoms with Crippen molar-refractivity contribution in [3.63, 3.8) is 0 Å². The van der Waals surface area contributed by atoms with E-state index in [1.807, 2.05) is 6.92 Å². The summed E-state index contributed by atoms with van der Waals surface area (Å²) < 4.78 is 37.8. The van der Waals surface area contributed by atoms with E-state index in [2.05, 4.69) is 0 Å². The normalized spacial score (nSPS) is 12.8. The third kappa shape index (κ3) is 5.13. The van der Waals surface area contributed by atoms with E-state index >= 15 is 0 Å². The molecule has 0 aliphatic rings. The van der Waals surface area contributed by atoms with Gasteiger partial charge in [0.25, 0.3) is 0 Å². The number of aliphatic hydroxyl groups excluding tert-OH is 1. The summed E-state index contributed by atoms with van der Waals surface area (Å²) in [6.45, 7) is 1.87. The lowest BCUT2D eigenvalue weighted by Crippen LogP contribution is -2.39. The van der Waals surface area contributed by atoms with Gasteiger partial charge in [0.15, 0.2) is 11.5 Å². The Morgan fingerprint density at radius 2 is 1.70 bits per heavy atom. The predicted molar refractivity (Wildman–Crippen MR) is 105 cm³/mol. The summed E-state index contributed by atoms with van der Waals surface area (Å²) in [5, 5.41) is 11.0. The van der Waals surface area contributed by atoms with Crippen molar-refractivity contribution in [2.45, 2.75) is 37.4 Å². The number of rotatable bonds is 9. The molecule has 8 heteroatoms. The highest BCUT2D eigenvalue weighted by Crippen LogP contribution is 2.30. The zero-order chi connectivity index (χ0) is 20.0. The van der Waals surface area contributed by atoms with Gasteiger partial charge in [0, 0.05) is 11.6 Å².